The first-order valence-corrected chi connectivity index (χ1v) is 8.84. The Balaban J connectivity index is 1.99. The second-order valence-corrected chi connectivity index (χ2v) is 6.47. The molecule has 1 saturated heterocycles. The number of aliphatic hydroxyl groups excluding tert-OH is 1. The highest BCUT2D eigenvalue weighted by Gasteiger charge is 2.27. The minimum atomic E-state index is 0.233. The monoisotopic (exact) mass is 305 g/mol. The van der Waals surface area contributed by atoms with Crippen molar-refractivity contribution in [3.05, 3.63) is 29.8 Å². The van der Waals surface area contributed by atoms with E-state index in [0.717, 1.165) is 31.9 Å². The van der Waals surface area contributed by atoms with Crippen molar-refractivity contribution >= 4 is 0 Å². The largest absolute Gasteiger partial charge is 0.494 e. The molecule has 0 amide bonds. The third kappa shape index (κ3) is 4.72. The van der Waals surface area contributed by atoms with E-state index in [-0.39, 0.29) is 12.5 Å². The van der Waals surface area contributed by atoms with Crippen LogP contribution in [0.4, 0.5) is 0 Å². The lowest BCUT2D eigenvalue weighted by atomic mass is 9.93. The molecule has 1 aliphatic rings. The zero-order chi connectivity index (χ0) is 15.8. The summed E-state index contributed by atoms with van der Waals surface area (Å²) in [7, 11) is 0. The van der Waals surface area contributed by atoms with Gasteiger partial charge in [-0.25, -0.2) is 0 Å². The van der Waals surface area contributed by atoms with E-state index in [9.17, 15) is 5.11 Å². The highest BCUT2D eigenvalue weighted by Crippen LogP contribution is 2.32. The maximum Gasteiger partial charge on any atom is 0.119 e. The van der Waals surface area contributed by atoms with Gasteiger partial charge in [0.05, 0.1) is 6.61 Å². The van der Waals surface area contributed by atoms with Gasteiger partial charge in [-0.15, -0.1) is 0 Å². The smallest absolute Gasteiger partial charge is 0.119 e. The van der Waals surface area contributed by atoms with Gasteiger partial charge in [-0.05, 0) is 56.0 Å². The van der Waals surface area contributed by atoms with Crippen LogP contribution in [0.15, 0.2) is 24.3 Å². The zero-order valence-corrected chi connectivity index (χ0v) is 14.1. The summed E-state index contributed by atoms with van der Waals surface area (Å²) in [5, 5.41) is 9.60. The van der Waals surface area contributed by atoms with Gasteiger partial charge in [0.2, 0.25) is 0 Å². The Bertz CT molecular complexity index is 412. The van der Waals surface area contributed by atoms with Gasteiger partial charge in [-0.1, -0.05) is 38.8 Å². The summed E-state index contributed by atoms with van der Waals surface area (Å²) in [6.07, 6.45) is 6.11. The van der Waals surface area contributed by atoms with Crippen molar-refractivity contribution in [2.24, 2.45) is 5.92 Å². The molecule has 22 heavy (non-hydrogen) atoms. The molecule has 3 heteroatoms. The fraction of sp³-hybridized carbons (Fsp3) is 0.684. The Hall–Kier alpha value is -1.06. The lowest BCUT2D eigenvalue weighted by Gasteiger charge is -2.32. The van der Waals surface area contributed by atoms with Gasteiger partial charge < -0.3 is 9.84 Å². The van der Waals surface area contributed by atoms with Gasteiger partial charge >= 0.3 is 0 Å². The lowest BCUT2D eigenvalue weighted by Crippen LogP contribution is -2.31. The topological polar surface area (TPSA) is 32.7 Å². The quantitative estimate of drug-likeness (QED) is 0.699. The van der Waals surface area contributed by atoms with E-state index in [2.05, 4.69) is 43.0 Å². The summed E-state index contributed by atoms with van der Waals surface area (Å²) < 4.78 is 5.79. The maximum absolute atomic E-state index is 9.60. The summed E-state index contributed by atoms with van der Waals surface area (Å²) in [4.78, 5) is 2.51. The van der Waals surface area contributed by atoms with Crippen LogP contribution >= 0.6 is 0 Å². The Morgan fingerprint density at radius 3 is 2.41 bits per heavy atom. The summed E-state index contributed by atoms with van der Waals surface area (Å²) >= 11 is 0. The molecule has 0 aromatic heterocycles. The molecule has 0 spiro atoms. The molecule has 124 valence electrons. The van der Waals surface area contributed by atoms with Gasteiger partial charge in [0.25, 0.3) is 0 Å². The van der Waals surface area contributed by atoms with Gasteiger partial charge in [0, 0.05) is 12.6 Å². The summed E-state index contributed by atoms with van der Waals surface area (Å²) in [6, 6.07) is 8.82. The fourth-order valence-corrected chi connectivity index (χ4v) is 3.32. The molecular weight excluding hydrogens is 274 g/mol. The van der Waals surface area contributed by atoms with Crippen molar-refractivity contribution in [1.29, 1.82) is 0 Å². The lowest BCUT2D eigenvalue weighted by molar-refractivity contribution is 0.126. The minimum Gasteiger partial charge on any atom is -0.494 e. The van der Waals surface area contributed by atoms with Crippen LogP contribution in [0.1, 0.15) is 57.6 Å². The van der Waals surface area contributed by atoms with Gasteiger partial charge in [-0.2, -0.15) is 0 Å². The van der Waals surface area contributed by atoms with Crippen LogP contribution in [0.3, 0.4) is 0 Å². The highest BCUT2D eigenvalue weighted by molar-refractivity contribution is 5.29. The Morgan fingerprint density at radius 1 is 1.14 bits per heavy atom. The van der Waals surface area contributed by atoms with Gasteiger partial charge in [-0.3, -0.25) is 4.90 Å². The number of hydrogen-bond donors (Lipinski definition) is 1. The van der Waals surface area contributed by atoms with E-state index >= 15 is 0 Å². The van der Waals surface area contributed by atoms with Crippen molar-refractivity contribution < 1.29 is 9.84 Å². The molecule has 3 nitrogen and oxygen atoms in total. The number of ether oxygens (including phenoxy) is 1. The van der Waals surface area contributed by atoms with Crippen LogP contribution in [0, 0.1) is 5.92 Å². The molecule has 0 bridgehead atoms. The van der Waals surface area contributed by atoms with Gasteiger partial charge in [0.1, 0.15) is 5.75 Å². The van der Waals surface area contributed by atoms with Crippen LogP contribution in [0.25, 0.3) is 0 Å². The molecule has 1 aliphatic heterocycles. The second-order valence-electron chi connectivity index (χ2n) is 6.47. The summed E-state index contributed by atoms with van der Waals surface area (Å²) in [5.41, 5.74) is 1.30. The van der Waals surface area contributed by atoms with E-state index in [1.165, 1.54) is 31.2 Å². The van der Waals surface area contributed by atoms with Crippen LogP contribution in [0.2, 0.25) is 0 Å². The molecule has 1 aromatic rings. The van der Waals surface area contributed by atoms with E-state index in [1.54, 1.807) is 0 Å². The number of benzene rings is 1. The fourth-order valence-electron chi connectivity index (χ4n) is 3.32. The summed E-state index contributed by atoms with van der Waals surface area (Å²) in [5.74, 6) is 1.21. The number of unbranched alkanes of at least 4 members (excludes halogenated alkanes) is 2. The first kappa shape index (κ1) is 17.3. The second kappa shape index (κ2) is 9.16. The third-order valence-corrected chi connectivity index (χ3v) is 4.60. The highest BCUT2D eigenvalue weighted by atomic mass is 16.5. The number of rotatable bonds is 9. The maximum atomic E-state index is 9.60. The van der Waals surface area contributed by atoms with Crippen LogP contribution < -0.4 is 4.74 Å². The van der Waals surface area contributed by atoms with Crippen molar-refractivity contribution in [3.63, 3.8) is 0 Å². The SMILES string of the molecule is CCCCCOc1ccc(C(C(C)CO)N2CCCC2)cc1. The Kier molecular flexibility index (Phi) is 7.20. The Labute approximate surface area is 135 Å². The average molecular weight is 305 g/mol. The third-order valence-electron chi connectivity index (χ3n) is 4.60. The van der Waals surface area contributed by atoms with E-state index in [1.807, 2.05) is 0 Å². The molecule has 1 N–H and O–H groups in total. The van der Waals surface area contributed by atoms with Crippen LogP contribution in [-0.2, 0) is 0 Å². The summed E-state index contributed by atoms with van der Waals surface area (Å²) in [6.45, 7) is 7.66. The van der Waals surface area contributed by atoms with E-state index in [0.29, 0.717) is 6.04 Å². The molecule has 1 fully saturated rings. The molecule has 1 aromatic carbocycles. The molecule has 2 unspecified atom stereocenters. The van der Waals surface area contributed by atoms with Crippen molar-refractivity contribution in [1.82, 2.24) is 4.90 Å². The predicted octanol–water partition coefficient (Wildman–Crippen LogP) is 4.02. The molecular formula is C19H31NO2. The Morgan fingerprint density at radius 2 is 1.82 bits per heavy atom. The van der Waals surface area contributed by atoms with Gasteiger partial charge in [0.15, 0.2) is 0 Å². The van der Waals surface area contributed by atoms with Crippen molar-refractivity contribution in [2.75, 3.05) is 26.3 Å². The molecule has 0 aliphatic carbocycles. The molecule has 2 rings (SSSR count). The first-order valence-electron chi connectivity index (χ1n) is 8.84. The zero-order valence-electron chi connectivity index (χ0n) is 14.1. The van der Waals surface area contributed by atoms with Crippen molar-refractivity contribution in [2.45, 2.75) is 52.0 Å². The molecule has 1 heterocycles. The van der Waals surface area contributed by atoms with Crippen LogP contribution in [-0.4, -0.2) is 36.3 Å². The molecule has 0 radical (unpaired) electrons. The predicted molar refractivity (Wildman–Crippen MR) is 91.3 cm³/mol. The molecule has 2 atom stereocenters. The number of hydrogen-bond acceptors (Lipinski definition) is 3. The average Bonchev–Trinajstić information content (AvgIpc) is 3.07. The number of aliphatic hydroxyl groups is 1. The van der Waals surface area contributed by atoms with Crippen molar-refractivity contribution in [3.8, 4) is 5.75 Å². The first-order chi connectivity index (χ1) is 10.8. The number of likely N-dealkylation sites (tertiary alicyclic amines) is 1. The van der Waals surface area contributed by atoms with E-state index in [4.69, 9.17) is 4.74 Å². The minimum absolute atomic E-state index is 0.233. The normalized spacial score (nSPS) is 18.3. The van der Waals surface area contributed by atoms with E-state index < -0.39 is 0 Å². The number of nitrogens with zero attached hydrogens (tertiary/aromatic N) is 1. The standard InChI is InChI=1S/C19H31NO2/c1-3-4-7-14-22-18-10-8-17(9-11-18)19(16(2)15-21)20-12-5-6-13-20/h8-11,16,19,21H,3-7,12-15H2,1-2H3. The van der Waals surface area contributed by atoms with Crippen LogP contribution in [0.5, 0.6) is 5.75 Å². The molecule has 0 saturated carbocycles.